The zero-order chi connectivity index (χ0) is 7.44. The minimum atomic E-state index is -1.44. The fourth-order valence-electron chi connectivity index (χ4n) is 0.270. The van der Waals surface area contributed by atoms with Crippen LogP contribution in [0.3, 0.4) is 0 Å². The van der Waals surface area contributed by atoms with Crippen LogP contribution in [0.4, 0.5) is 0 Å². The molecule has 9 heavy (non-hydrogen) atoms. The molecule has 0 aliphatic carbocycles. The van der Waals surface area contributed by atoms with Gasteiger partial charge in [0.25, 0.3) is 0 Å². The van der Waals surface area contributed by atoms with E-state index in [4.69, 9.17) is 5.11 Å². The summed E-state index contributed by atoms with van der Waals surface area (Å²) >= 11 is 0. The van der Waals surface area contributed by atoms with Gasteiger partial charge in [-0.1, -0.05) is 0 Å². The van der Waals surface area contributed by atoms with Gasteiger partial charge in [0, 0.05) is 4.92 Å². The van der Waals surface area contributed by atoms with Crippen LogP contribution < -0.4 is 0 Å². The Hall–Kier alpha value is -0.970. The molecule has 0 aromatic heterocycles. The predicted molar refractivity (Wildman–Crippen MR) is 28.5 cm³/mol. The molecule has 0 aromatic carbocycles. The lowest BCUT2D eigenvalue weighted by molar-refractivity contribution is -0.487. The number of carbonyl (C=O) groups excluding carboxylic acids is 1. The number of nitro groups is 1. The SMILES string of the molecule is CC(=O)C(O)C[N+](=O)[O-]. The van der Waals surface area contributed by atoms with Crippen LogP contribution in [-0.2, 0) is 4.79 Å². The van der Waals surface area contributed by atoms with Gasteiger partial charge in [0.2, 0.25) is 6.54 Å². The summed E-state index contributed by atoms with van der Waals surface area (Å²) in [5.41, 5.74) is 0. The second kappa shape index (κ2) is 3.13. The summed E-state index contributed by atoms with van der Waals surface area (Å²) in [7, 11) is 0. The molecule has 1 atom stereocenters. The van der Waals surface area contributed by atoms with Gasteiger partial charge in [0.1, 0.15) is 0 Å². The van der Waals surface area contributed by atoms with Gasteiger partial charge in [-0.15, -0.1) is 0 Å². The van der Waals surface area contributed by atoms with Gasteiger partial charge in [-0.05, 0) is 6.92 Å². The molecular formula is C4H7NO4. The van der Waals surface area contributed by atoms with Crippen molar-refractivity contribution in [2.24, 2.45) is 0 Å². The Morgan fingerprint density at radius 3 is 2.44 bits per heavy atom. The van der Waals surface area contributed by atoms with Gasteiger partial charge in [-0.2, -0.15) is 0 Å². The summed E-state index contributed by atoms with van der Waals surface area (Å²) in [5.74, 6) is -0.577. The maximum absolute atomic E-state index is 10.1. The van der Waals surface area contributed by atoms with Crippen molar-refractivity contribution in [1.29, 1.82) is 0 Å². The highest BCUT2D eigenvalue weighted by Crippen LogP contribution is 1.84. The van der Waals surface area contributed by atoms with Crippen molar-refractivity contribution in [3.05, 3.63) is 10.1 Å². The zero-order valence-corrected chi connectivity index (χ0v) is 4.90. The molecule has 0 bridgehead atoms. The summed E-state index contributed by atoms with van der Waals surface area (Å²) in [4.78, 5) is 19.0. The first kappa shape index (κ1) is 8.03. The molecule has 0 rings (SSSR count). The van der Waals surface area contributed by atoms with E-state index in [1.807, 2.05) is 0 Å². The predicted octanol–water partition coefficient (Wildman–Crippen LogP) is -0.787. The standard InChI is InChI=1S/C4H7NO4/c1-3(6)4(7)2-5(8)9/h4,7H,2H2,1H3. The highest BCUT2D eigenvalue weighted by atomic mass is 16.6. The van der Waals surface area contributed by atoms with Gasteiger partial charge in [0.15, 0.2) is 11.9 Å². The summed E-state index contributed by atoms with van der Waals surface area (Å²) < 4.78 is 0. The van der Waals surface area contributed by atoms with Crippen molar-refractivity contribution in [2.75, 3.05) is 6.54 Å². The molecule has 0 radical (unpaired) electrons. The molecule has 0 aliphatic heterocycles. The van der Waals surface area contributed by atoms with Crippen molar-refractivity contribution < 1.29 is 14.8 Å². The number of hydrogen-bond donors (Lipinski definition) is 1. The minimum Gasteiger partial charge on any atom is -0.379 e. The molecule has 1 unspecified atom stereocenters. The lowest BCUT2D eigenvalue weighted by Gasteiger charge is -1.97. The first-order chi connectivity index (χ1) is 4.04. The highest BCUT2D eigenvalue weighted by molar-refractivity contribution is 5.80. The molecule has 0 heterocycles. The second-order valence-corrected chi connectivity index (χ2v) is 1.64. The van der Waals surface area contributed by atoms with Crippen LogP contribution in [0, 0.1) is 10.1 Å². The maximum atomic E-state index is 10.1. The minimum absolute atomic E-state index is 0.577. The smallest absolute Gasteiger partial charge is 0.236 e. The number of aliphatic hydroxyl groups excluding tert-OH is 1. The number of ketones is 1. The van der Waals surface area contributed by atoms with Crippen molar-refractivity contribution in [2.45, 2.75) is 13.0 Å². The van der Waals surface area contributed by atoms with Gasteiger partial charge >= 0.3 is 0 Å². The zero-order valence-electron chi connectivity index (χ0n) is 4.90. The van der Waals surface area contributed by atoms with Gasteiger partial charge in [-0.25, -0.2) is 0 Å². The number of aliphatic hydroxyl groups is 1. The first-order valence-corrected chi connectivity index (χ1v) is 2.34. The summed E-state index contributed by atoms with van der Waals surface area (Å²) in [5, 5.41) is 18.1. The fourth-order valence-corrected chi connectivity index (χ4v) is 0.270. The van der Waals surface area contributed by atoms with E-state index in [2.05, 4.69) is 0 Å². The molecule has 0 saturated heterocycles. The number of Topliss-reactive ketones (excluding diaryl/α,β-unsaturated/α-hetero) is 1. The summed E-state index contributed by atoms with van der Waals surface area (Å²) in [6.07, 6.45) is -1.44. The van der Waals surface area contributed by atoms with Crippen molar-refractivity contribution in [1.82, 2.24) is 0 Å². The van der Waals surface area contributed by atoms with Gasteiger partial charge in [-0.3, -0.25) is 14.9 Å². The van der Waals surface area contributed by atoms with E-state index in [1.54, 1.807) is 0 Å². The quantitative estimate of drug-likeness (QED) is 0.404. The summed E-state index contributed by atoms with van der Waals surface area (Å²) in [6.45, 7) is 0.406. The number of hydrogen-bond acceptors (Lipinski definition) is 4. The Labute approximate surface area is 51.4 Å². The Morgan fingerprint density at radius 2 is 2.33 bits per heavy atom. The van der Waals surface area contributed by atoms with E-state index in [-0.39, 0.29) is 0 Å². The Balaban J connectivity index is 3.63. The summed E-state index contributed by atoms with van der Waals surface area (Å²) in [6, 6.07) is 0. The molecule has 52 valence electrons. The molecule has 1 N–H and O–H groups in total. The Morgan fingerprint density at radius 1 is 1.89 bits per heavy atom. The van der Waals surface area contributed by atoms with E-state index < -0.39 is 23.4 Å². The third-order valence-electron chi connectivity index (χ3n) is 0.791. The lowest BCUT2D eigenvalue weighted by Crippen LogP contribution is -2.26. The van der Waals surface area contributed by atoms with Gasteiger partial charge < -0.3 is 5.11 Å². The highest BCUT2D eigenvalue weighted by Gasteiger charge is 2.15. The van der Waals surface area contributed by atoms with E-state index >= 15 is 0 Å². The van der Waals surface area contributed by atoms with Crippen LogP contribution in [0.15, 0.2) is 0 Å². The maximum Gasteiger partial charge on any atom is 0.236 e. The Bertz CT molecular complexity index is 133. The van der Waals surface area contributed by atoms with Crippen molar-refractivity contribution in [3.63, 3.8) is 0 Å². The van der Waals surface area contributed by atoms with Crippen LogP contribution in [0.5, 0.6) is 0 Å². The second-order valence-electron chi connectivity index (χ2n) is 1.64. The van der Waals surface area contributed by atoms with E-state index in [0.717, 1.165) is 6.92 Å². The van der Waals surface area contributed by atoms with Crippen LogP contribution >= 0.6 is 0 Å². The normalized spacial score (nSPS) is 12.7. The third kappa shape index (κ3) is 3.60. The number of carbonyl (C=O) groups is 1. The van der Waals surface area contributed by atoms with Crippen LogP contribution in [0.25, 0.3) is 0 Å². The average Bonchev–Trinajstić information content (AvgIpc) is 1.63. The molecule has 0 aliphatic rings. The third-order valence-corrected chi connectivity index (χ3v) is 0.791. The molecule has 0 amide bonds. The molecular weight excluding hydrogens is 126 g/mol. The van der Waals surface area contributed by atoms with Crippen molar-refractivity contribution >= 4 is 5.78 Å². The van der Waals surface area contributed by atoms with E-state index in [1.165, 1.54) is 0 Å². The first-order valence-electron chi connectivity index (χ1n) is 2.34. The molecule has 5 heteroatoms. The molecule has 0 saturated carbocycles. The van der Waals surface area contributed by atoms with E-state index in [9.17, 15) is 14.9 Å². The largest absolute Gasteiger partial charge is 0.379 e. The van der Waals surface area contributed by atoms with Crippen LogP contribution in [-0.4, -0.2) is 28.5 Å². The lowest BCUT2D eigenvalue weighted by atomic mass is 10.3. The average molecular weight is 133 g/mol. The molecule has 5 nitrogen and oxygen atoms in total. The van der Waals surface area contributed by atoms with Crippen molar-refractivity contribution in [3.8, 4) is 0 Å². The monoisotopic (exact) mass is 133 g/mol. The molecule has 0 fully saturated rings. The van der Waals surface area contributed by atoms with E-state index in [0.29, 0.717) is 0 Å². The Kier molecular flexibility index (Phi) is 2.80. The van der Waals surface area contributed by atoms with Crippen LogP contribution in [0.2, 0.25) is 0 Å². The molecule has 0 spiro atoms. The fraction of sp³-hybridized carbons (Fsp3) is 0.750. The van der Waals surface area contributed by atoms with Crippen LogP contribution in [0.1, 0.15) is 6.92 Å². The van der Waals surface area contributed by atoms with Gasteiger partial charge in [0.05, 0.1) is 0 Å². The molecule has 0 aromatic rings. The topological polar surface area (TPSA) is 80.4 Å². The number of rotatable bonds is 3. The number of nitrogens with zero attached hydrogens (tertiary/aromatic N) is 1.